The van der Waals surface area contributed by atoms with Gasteiger partial charge in [-0.2, -0.15) is 0 Å². The third kappa shape index (κ3) is 2.08. The Kier molecular flexibility index (Phi) is 2.34. The molecule has 1 aliphatic rings. The van der Waals surface area contributed by atoms with Gasteiger partial charge in [-0.25, -0.2) is 4.79 Å². The predicted molar refractivity (Wildman–Crippen MR) is 39.2 cm³/mol. The van der Waals surface area contributed by atoms with E-state index in [1.54, 1.807) is 0 Å². The van der Waals surface area contributed by atoms with Crippen LogP contribution in [-0.2, 0) is 4.74 Å². The van der Waals surface area contributed by atoms with Gasteiger partial charge in [0.2, 0.25) is 0 Å². The lowest BCUT2D eigenvalue weighted by molar-refractivity contribution is 0.0589. The summed E-state index contributed by atoms with van der Waals surface area (Å²) < 4.78 is 4.99. The summed E-state index contributed by atoms with van der Waals surface area (Å²) in [7, 11) is 0. The molecule has 0 aliphatic carbocycles. The fourth-order valence-corrected chi connectivity index (χ4v) is 1.15. The van der Waals surface area contributed by atoms with Crippen LogP contribution in [0.3, 0.4) is 0 Å². The van der Waals surface area contributed by atoms with Crippen LogP contribution in [-0.4, -0.2) is 30.0 Å². The molecule has 1 unspecified atom stereocenters. The highest BCUT2D eigenvalue weighted by atomic mass is 16.6. The van der Waals surface area contributed by atoms with Crippen LogP contribution in [0, 0.1) is 0 Å². The third-order valence-electron chi connectivity index (χ3n) is 1.81. The van der Waals surface area contributed by atoms with E-state index in [0.29, 0.717) is 19.4 Å². The first-order chi connectivity index (χ1) is 5.16. The Balaban J connectivity index is 2.35. The largest absolute Gasteiger partial charge is 0.441 e. The van der Waals surface area contributed by atoms with Crippen LogP contribution < -0.4 is 5.32 Å². The highest BCUT2D eigenvalue weighted by Crippen LogP contribution is 2.20. The first-order valence-corrected chi connectivity index (χ1v) is 3.74. The molecular weight excluding hydrogens is 146 g/mol. The van der Waals surface area contributed by atoms with Gasteiger partial charge in [-0.3, -0.25) is 0 Å². The van der Waals surface area contributed by atoms with Crippen LogP contribution in [0.5, 0.6) is 0 Å². The second-order valence-electron chi connectivity index (χ2n) is 3.02. The van der Waals surface area contributed by atoms with E-state index in [-0.39, 0.29) is 12.7 Å². The van der Waals surface area contributed by atoms with Gasteiger partial charge in [0.1, 0.15) is 5.60 Å². The van der Waals surface area contributed by atoms with E-state index in [1.807, 2.05) is 6.92 Å². The van der Waals surface area contributed by atoms with Crippen molar-refractivity contribution in [1.82, 2.24) is 5.32 Å². The number of carbonyl (C=O) groups is 1. The standard InChI is InChI=1S/C7H13NO3/c1-7(3-2-4-9)5-8-6(10)11-7/h9H,2-5H2,1H3,(H,8,10). The zero-order valence-electron chi connectivity index (χ0n) is 6.59. The Morgan fingerprint density at radius 1 is 1.82 bits per heavy atom. The number of aliphatic hydroxyl groups excluding tert-OH is 1. The van der Waals surface area contributed by atoms with Crippen molar-refractivity contribution in [3.8, 4) is 0 Å². The molecule has 4 nitrogen and oxygen atoms in total. The molecule has 11 heavy (non-hydrogen) atoms. The lowest BCUT2D eigenvalue weighted by Crippen LogP contribution is -2.29. The van der Waals surface area contributed by atoms with Crippen molar-refractivity contribution in [2.75, 3.05) is 13.2 Å². The molecule has 1 saturated heterocycles. The molecule has 1 heterocycles. The lowest BCUT2D eigenvalue weighted by Gasteiger charge is -2.19. The van der Waals surface area contributed by atoms with Gasteiger partial charge in [0.25, 0.3) is 0 Å². The number of hydrogen-bond acceptors (Lipinski definition) is 3. The van der Waals surface area contributed by atoms with E-state index in [4.69, 9.17) is 9.84 Å². The summed E-state index contributed by atoms with van der Waals surface area (Å²) in [6.45, 7) is 2.56. The molecule has 1 amide bonds. The maximum absolute atomic E-state index is 10.6. The van der Waals surface area contributed by atoms with Gasteiger partial charge in [-0.1, -0.05) is 0 Å². The molecule has 0 aromatic heterocycles. The molecule has 0 spiro atoms. The van der Waals surface area contributed by atoms with Crippen molar-refractivity contribution >= 4 is 6.09 Å². The number of carbonyl (C=O) groups excluding carboxylic acids is 1. The molecule has 0 aromatic rings. The fraction of sp³-hybridized carbons (Fsp3) is 0.857. The highest BCUT2D eigenvalue weighted by Gasteiger charge is 2.34. The van der Waals surface area contributed by atoms with E-state index < -0.39 is 5.60 Å². The van der Waals surface area contributed by atoms with Crippen LogP contribution >= 0.6 is 0 Å². The lowest BCUT2D eigenvalue weighted by atomic mass is 10.0. The molecular formula is C7H13NO3. The second-order valence-corrected chi connectivity index (χ2v) is 3.02. The van der Waals surface area contributed by atoms with Gasteiger partial charge in [-0.05, 0) is 19.8 Å². The summed E-state index contributed by atoms with van der Waals surface area (Å²) in [6.07, 6.45) is 1.03. The molecule has 1 fully saturated rings. The van der Waals surface area contributed by atoms with Gasteiger partial charge in [-0.15, -0.1) is 0 Å². The topological polar surface area (TPSA) is 58.6 Å². The van der Waals surface area contributed by atoms with Gasteiger partial charge < -0.3 is 15.2 Å². The predicted octanol–water partition coefficient (Wildman–Crippen LogP) is 0.257. The maximum Gasteiger partial charge on any atom is 0.407 e. The quantitative estimate of drug-likeness (QED) is 0.621. The minimum absolute atomic E-state index is 0.146. The molecule has 64 valence electrons. The Labute approximate surface area is 65.5 Å². The van der Waals surface area contributed by atoms with E-state index in [9.17, 15) is 4.79 Å². The highest BCUT2D eigenvalue weighted by molar-refractivity contribution is 5.70. The number of amides is 1. The molecule has 1 rings (SSSR count). The Bertz CT molecular complexity index is 160. The first kappa shape index (κ1) is 8.33. The number of hydrogen-bond donors (Lipinski definition) is 2. The normalized spacial score (nSPS) is 29.8. The van der Waals surface area contributed by atoms with Gasteiger partial charge in [0.15, 0.2) is 0 Å². The SMILES string of the molecule is CC1(CCCO)CNC(=O)O1. The monoisotopic (exact) mass is 159 g/mol. The molecule has 0 saturated carbocycles. The average molecular weight is 159 g/mol. The average Bonchev–Trinajstić information content (AvgIpc) is 2.28. The first-order valence-electron chi connectivity index (χ1n) is 3.74. The zero-order chi connectivity index (χ0) is 8.32. The molecule has 2 N–H and O–H groups in total. The van der Waals surface area contributed by atoms with E-state index in [1.165, 1.54) is 0 Å². The summed E-state index contributed by atoms with van der Waals surface area (Å²) in [5.41, 5.74) is -0.403. The van der Waals surface area contributed by atoms with Crippen molar-refractivity contribution in [2.24, 2.45) is 0 Å². The summed E-state index contributed by atoms with van der Waals surface area (Å²) in [5, 5.41) is 11.1. The number of rotatable bonds is 3. The van der Waals surface area contributed by atoms with Crippen LogP contribution in [0.4, 0.5) is 4.79 Å². The van der Waals surface area contributed by atoms with Crippen molar-refractivity contribution in [3.05, 3.63) is 0 Å². The van der Waals surface area contributed by atoms with Crippen LogP contribution in [0.25, 0.3) is 0 Å². The van der Waals surface area contributed by atoms with Gasteiger partial charge >= 0.3 is 6.09 Å². The Morgan fingerprint density at radius 3 is 3.00 bits per heavy atom. The second kappa shape index (κ2) is 3.09. The van der Waals surface area contributed by atoms with Crippen molar-refractivity contribution < 1.29 is 14.6 Å². The number of aliphatic hydroxyl groups is 1. The van der Waals surface area contributed by atoms with E-state index >= 15 is 0 Å². The number of cyclic esters (lactones) is 1. The molecule has 0 aromatic carbocycles. The van der Waals surface area contributed by atoms with E-state index in [2.05, 4.69) is 5.32 Å². The molecule has 4 heteroatoms. The van der Waals surface area contributed by atoms with Crippen molar-refractivity contribution in [1.29, 1.82) is 0 Å². The zero-order valence-corrected chi connectivity index (χ0v) is 6.59. The number of alkyl carbamates (subject to hydrolysis) is 1. The van der Waals surface area contributed by atoms with Crippen molar-refractivity contribution in [3.63, 3.8) is 0 Å². The summed E-state index contributed by atoms with van der Waals surface area (Å²) >= 11 is 0. The number of nitrogens with one attached hydrogen (secondary N) is 1. The summed E-state index contributed by atoms with van der Waals surface area (Å²) in [6, 6.07) is 0. The van der Waals surface area contributed by atoms with Crippen LogP contribution in [0.2, 0.25) is 0 Å². The van der Waals surface area contributed by atoms with Gasteiger partial charge in [0, 0.05) is 6.61 Å². The summed E-state index contributed by atoms with van der Waals surface area (Å²) in [4.78, 5) is 10.6. The van der Waals surface area contributed by atoms with Crippen LogP contribution in [0.1, 0.15) is 19.8 Å². The smallest absolute Gasteiger partial charge is 0.407 e. The Hall–Kier alpha value is -0.770. The minimum Gasteiger partial charge on any atom is -0.441 e. The Morgan fingerprint density at radius 2 is 2.55 bits per heavy atom. The van der Waals surface area contributed by atoms with Crippen molar-refractivity contribution in [2.45, 2.75) is 25.4 Å². The summed E-state index contributed by atoms with van der Waals surface area (Å²) in [5.74, 6) is 0. The fourth-order valence-electron chi connectivity index (χ4n) is 1.15. The molecule has 0 radical (unpaired) electrons. The third-order valence-corrected chi connectivity index (χ3v) is 1.81. The maximum atomic E-state index is 10.6. The van der Waals surface area contributed by atoms with Gasteiger partial charge in [0.05, 0.1) is 6.54 Å². The minimum atomic E-state index is -0.403. The van der Waals surface area contributed by atoms with E-state index in [0.717, 1.165) is 0 Å². The number of ether oxygens (including phenoxy) is 1. The molecule has 0 bridgehead atoms. The van der Waals surface area contributed by atoms with Crippen LogP contribution in [0.15, 0.2) is 0 Å². The molecule has 1 atom stereocenters. The molecule has 1 aliphatic heterocycles.